The zero-order valence-electron chi connectivity index (χ0n) is 6.18. The number of rotatable bonds is 4. The number of hydrogen-bond donors (Lipinski definition) is 1. The minimum atomic E-state index is -0.0463. The molecule has 0 rings (SSSR count). The highest BCUT2D eigenvalue weighted by atomic mass is 32.1. The fourth-order valence-corrected chi connectivity index (χ4v) is 0.387. The first-order chi connectivity index (χ1) is 3.81. The molecular formula is C6H17NOS. The van der Waals surface area contributed by atoms with Crippen LogP contribution in [0.15, 0.2) is 0 Å². The third-order valence-electron chi connectivity index (χ3n) is 0.938. The van der Waals surface area contributed by atoms with Crippen LogP contribution in [0, 0.1) is 0 Å². The summed E-state index contributed by atoms with van der Waals surface area (Å²) in [5.74, 6) is 0. The zero-order valence-corrected chi connectivity index (χ0v) is 7.18. The first-order valence-electron chi connectivity index (χ1n) is 3.18. The lowest BCUT2D eigenvalue weighted by molar-refractivity contribution is 0.0558. The van der Waals surface area contributed by atoms with Gasteiger partial charge >= 0.3 is 0 Å². The van der Waals surface area contributed by atoms with E-state index in [0.29, 0.717) is 0 Å². The topological polar surface area (TPSA) is 35.2 Å². The van der Waals surface area contributed by atoms with E-state index in [0.717, 1.165) is 19.4 Å². The normalized spacial score (nSPS) is 12.3. The van der Waals surface area contributed by atoms with E-state index in [1.807, 2.05) is 6.92 Å². The molecule has 1 unspecified atom stereocenters. The van der Waals surface area contributed by atoms with Crippen molar-refractivity contribution in [2.24, 2.45) is 5.73 Å². The minimum Gasteiger partial charge on any atom is -0.364 e. The van der Waals surface area contributed by atoms with Gasteiger partial charge in [0, 0.05) is 6.61 Å². The summed E-state index contributed by atoms with van der Waals surface area (Å²) in [6.07, 6.45) is 1.91. The Morgan fingerprint density at radius 2 is 2.00 bits per heavy atom. The van der Waals surface area contributed by atoms with Gasteiger partial charge in [-0.3, -0.25) is 0 Å². The zero-order chi connectivity index (χ0) is 6.41. The average Bonchev–Trinajstić information content (AvgIpc) is 1.83. The van der Waals surface area contributed by atoms with Gasteiger partial charge in [0.15, 0.2) is 0 Å². The Morgan fingerprint density at radius 1 is 1.44 bits per heavy atom. The highest BCUT2D eigenvalue weighted by molar-refractivity contribution is 7.59. The van der Waals surface area contributed by atoms with E-state index >= 15 is 0 Å². The van der Waals surface area contributed by atoms with Gasteiger partial charge in [-0.2, -0.15) is 13.5 Å². The molecule has 0 aromatic heterocycles. The Hall–Kier alpha value is 0.270. The summed E-state index contributed by atoms with van der Waals surface area (Å²) in [5.41, 5.74) is 5.44. The van der Waals surface area contributed by atoms with Gasteiger partial charge in [-0.05, 0) is 12.8 Å². The van der Waals surface area contributed by atoms with Crippen LogP contribution >= 0.6 is 13.5 Å². The maximum absolute atomic E-state index is 5.44. The van der Waals surface area contributed by atoms with Crippen LogP contribution in [0.5, 0.6) is 0 Å². The van der Waals surface area contributed by atoms with E-state index < -0.39 is 0 Å². The highest BCUT2D eigenvalue weighted by Gasteiger charge is 1.93. The van der Waals surface area contributed by atoms with Gasteiger partial charge in [-0.1, -0.05) is 13.8 Å². The van der Waals surface area contributed by atoms with E-state index in [9.17, 15) is 0 Å². The molecule has 0 aromatic carbocycles. The van der Waals surface area contributed by atoms with Crippen LogP contribution in [0.3, 0.4) is 0 Å². The molecule has 9 heavy (non-hydrogen) atoms. The third-order valence-corrected chi connectivity index (χ3v) is 0.938. The van der Waals surface area contributed by atoms with Gasteiger partial charge in [0.1, 0.15) is 6.23 Å². The SMILES string of the molecule is CCCOC(N)CC.S. The summed E-state index contributed by atoms with van der Waals surface area (Å²) in [4.78, 5) is 0. The highest BCUT2D eigenvalue weighted by Crippen LogP contribution is 1.89. The first kappa shape index (κ1) is 12.0. The summed E-state index contributed by atoms with van der Waals surface area (Å²) >= 11 is 0. The van der Waals surface area contributed by atoms with E-state index in [4.69, 9.17) is 10.5 Å². The molecule has 0 aromatic rings. The molecule has 0 radical (unpaired) electrons. The van der Waals surface area contributed by atoms with Crippen molar-refractivity contribution < 1.29 is 4.74 Å². The molecule has 0 fully saturated rings. The standard InChI is InChI=1S/C6H15NO.H2S/c1-3-5-8-6(7)4-2;/h6H,3-5,7H2,1-2H3;1H2. The maximum atomic E-state index is 5.44. The van der Waals surface area contributed by atoms with E-state index in [1.165, 1.54) is 0 Å². The molecule has 3 heteroatoms. The Balaban J connectivity index is 0. The summed E-state index contributed by atoms with van der Waals surface area (Å²) in [7, 11) is 0. The van der Waals surface area contributed by atoms with E-state index in [-0.39, 0.29) is 19.7 Å². The van der Waals surface area contributed by atoms with Crippen LogP contribution in [0.4, 0.5) is 0 Å². The van der Waals surface area contributed by atoms with Crippen LogP contribution in [0.25, 0.3) is 0 Å². The Labute approximate surface area is 64.2 Å². The summed E-state index contributed by atoms with van der Waals surface area (Å²) in [6, 6.07) is 0. The molecule has 0 aliphatic carbocycles. The molecule has 0 aliphatic heterocycles. The van der Waals surface area contributed by atoms with Crippen molar-refractivity contribution in [3.63, 3.8) is 0 Å². The largest absolute Gasteiger partial charge is 0.364 e. The van der Waals surface area contributed by atoms with Crippen LogP contribution in [-0.2, 0) is 4.74 Å². The number of ether oxygens (including phenoxy) is 1. The summed E-state index contributed by atoms with van der Waals surface area (Å²) in [5, 5.41) is 0. The Morgan fingerprint density at radius 3 is 2.33 bits per heavy atom. The molecule has 0 spiro atoms. The first-order valence-corrected chi connectivity index (χ1v) is 3.18. The van der Waals surface area contributed by atoms with Crippen molar-refractivity contribution >= 4 is 13.5 Å². The second kappa shape index (κ2) is 8.27. The van der Waals surface area contributed by atoms with Gasteiger partial charge in [0.05, 0.1) is 0 Å². The molecule has 2 N–H and O–H groups in total. The molecular weight excluding hydrogens is 134 g/mol. The van der Waals surface area contributed by atoms with Crippen molar-refractivity contribution in [3.8, 4) is 0 Å². The van der Waals surface area contributed by atoms with Crippen molar-refractivity contribution in [2.45, 2.75) is 32.9 Å². The lowest BCUT2D eigenvalue weighted by atomic mass is 10.4. The average molecular weight is 151 g/mol. The Kier molecular flexibility index (Phi) is 11.0. The van der Waals surface area contributed by atoms with E-state index in [2.05, 4.69) is 6.92 Å². The maximum Gasteiger partial charge on any atom is 0.105 e. The smallest absolute Gasteiger partial charge is 0.105 e. The third kappa shape index (κ3) is 8.27. The summed E-state index contributed by atoms with van der Waals surface area (Å²) < 4.78 is 5.12. The quantitative estimate of drug-likeness (QED) is 0.613. The van der Waals surface area contributed by atoms with Crippen molar-refractivity contribution in [1.82, 2.24) is 0 Å². The molecule has 0 aliphatic rings. The van der Waals surface area contributed by atoms with Crippen LogP contribution < -0.4 is 5.73 Å². The summed E-state index contributed by atoms with van der Waals surface area (Å²) in [6.45, 7) is 4.87. The van der Waals surface area contributed by atoms with Gasteiger partial charge < -0.3 is 10.5 Å². The van der Waals surface area contributed by atoms with Crippen molar-refractivity contribution in [1.29, 1.82) is 0 Å². The van der Waals surface area contributed by atoms with Crippen LogP contribution in [-0.4, -0.2) is 12.8 Å². The Bertz CT molecular complexity index is 52.3. The molecule has 2 nitrogen and oxygen atoms in total. The second-order valence-electron chi connectivity index (χ2n) is 1.82. The molecule has 0 heterocycles. The monoisotopic (exact) mass is 151 g/mol. The van der Waals surface area contributed by atoms with Gasteiger partial charge in [0.2, 0.25) is 0 Å². The van der Waals surface area contributed by atoms with Crippen molar-refractivity contribution in [3.05, 3.63) is 0 Å². The van der Waals surface area contributed by atoms with E-state index in [1.54, 1.807) is 0 Å². The number of hydrogen-bond acceptors (Lipinski definition) is 2. The van der Waals surface area contributed by atoms with Crippen LogP contribution in [0.2, 0.25) is 0 Å². The number of nitrogens with two attached hydrogens (primary N) is 1. The minimum absolute atomic E-state index is 0. The molecule has 0 bridgehead atoms. The fraction of sp³-hybridized carbons (Fsp3) is 1.00. The van der Waals surface area contributed by atoms with Gasteiger partial charge in [-0.25, -0.2) is 0 Å². The van der Waals surface area contributed by atoms with Crippen LogP contribution in [0.1, 0.15) is 26.7 Å². The molecule has 0 saturated carbocycles. The van der Waals surface area contributed by atoms with Gasteiger partial charge in [0.25, 0.3) is 0 Å². The lowest BCUT2D eigenvalue weighted by Crippen LogP contribution is -2.22. The molecule has 0 saturated heterocycles. The molecule has 1 atom stereocenters. The predicted molar refractivity (Wildman–Crippen MR) is 44.9 cm³/mol. The van der Waals surface area contributed by atoms with Crippen molar-refractivity contribution in [2.75, 3.05) is 6.61 Å². The van der Waals surface area contributed by atoms with Gasteiger partial charge in [-0.15, -0.1) is 0 Å². The second-order valence-corrected chi connectivity index (χ2v) is 1.82. The fourth-order valence-electron chi connectivity index (χ4n) is 0.387. The molecule has 58 valence electrons. The predicted octanol–water partition coefficient (Wildman–Crippen LogP) is 1.22. The lowest BCUT2D eigenvalue weighted by Gasteiger charge is -2.07. The molecule has 0 amide bonds.